The SMILES string of the molecule is O=[N+]([O-])c1ccc(N2CCCC2)c(OCC(O)Cn2cccn2)c1. The van der Waals surface area contributed by atoms with Gasteiger partial charge in [0.25, 0.3) is 5.69 Å². The van der Waals surface area contributed by atoms with E-state index in [1.54, 1.807) is 29.2 Å². The lowest BCUT2D eigenvalue weighted by molar-refractivity contribution is -0.384. The van der Waals surface area contributed by atoms with Crippen molar-refractivity contribution in [2.75, 3.05) is 24.6 Å². The molecule has 3 rings (SSSR count). The Balaban J connectivity index is 1.71. The van der Waals surface area contributed by atoms with Gasteiger partial charge < -0.3 is 14.7 Å². The second-order valence-electron chi connectivity index (χ2n) is 5.80. The molecule has 0 amide bonds. The highest BCUT2D eigenvalue weighted by atomic mass is 16.6. The van der Waals surface area contributed by atoms with E-state index in [0.29, 0.717) is 12.3 Å². The zero-order valence-electron chi connectivity index (χ0n) is 13.2. The van der Waals surface area contributed by atoms with E-state index in [2.05, 4.69) is 10.00 Å². The Hall–Kier alpha value is -2.61. The first-order valence-electron chi connectivity index (χ1n) is 7.95. The number of rotatable bonds is 7. The van der Waals surface area contributed by atoms with Gasteiger partial charge >= 0.3 is 0 Å². The summed E-state index contributed by atoms with van der Waals surface area (Å²) in [7, 11) is 0. The quantitative estimate of drug-likeness (QED) is 0.614. The molecule has 1 aliphatic heterocycles. The summed E-state index contributed by atoms with van der Waals surface area (Å²) in [5.41, 5.74) is 0.818. The molecular weight excluding hydrogens is 312 g/mol. The zero-order chi connectivity index (χ0) is 16.9. The van der Waals surface area contributed by atoms with E-state index in [4.69, 9.17) is 4.74 Å². The van der Waals surface area contributed by atoms with E-state index < -0.39 is 11.0 Å². The molecule has 1 aromatic heterocycles. The number of nitro groups is 1. The molecular formula is C16H20N4O4. The summed E-state index contributed by atoms with van der Waals surface area (Å²) in [6, 6.07) is 6.41. The fourth-order valence-electron chi connectivity index (χ4n) is 2.81. The van der Waals surface area contributed by atoms with Crippen LogP contribution in [0.4, 0.5) is 11.4 Å². The van der Waals surface area contributed by atoms with Gasteiger partial charge in [-0.25, -0.2) is 0 Å². The molecule has 8 heteroatoms. The molecule has 2 heterocycles. The van der Waals surface area contributed by atoms with Gasteiger partial charge in [-0.15, -0.1) is 0 Å². The highest BCUT2D eigenvalue weighted by Gasteiger charge is 2.20. The average Bonchev–Trinajstić information content (AvgIpc) is 3.26. The summed E-state index contributed by atoms with van der Waals surface area (Å²) in [5, 5.41) is 25.1. The minimum absolute atomic E-state index is 0.0190. The maximum atomic E-state index is 11.0. The van der Waals surface area contributed by atoms with Crippen LogP contribution in [0.3, 0.4) is 0 Å². The van der Waals surface area contributed by atoms with Gasteiger partial charge in [-0.2, -0.15) is 5.10 Å². The molecule has 24 heavy (non-hydrogen) atoms. The standard InChI is InChI=1S/C16H20N4O4/c21-14(11-19-9-3-6-17-19)12-24-16-10-13(20(22)23)4-5-15(16)18-7-1-2-8-18/h3-6,9-10,14,21H,1-2,7-8,11-12H2. The lowest BCUT2D eigenvalue weighted by atomic mass is 10.2. The predicted octanol–water partition coefficient (Wildman–Crippen LogP) is 1.83. The Morgan fingerprint density at radius 2 is 2.17 bits per heavy atom. The van der Waals surface area contributed by atoms with Gasteiger partial charge in [-0.1, -0.05) is 0 Å². The molecule has 1 N–H and O–H groups in total. The van der Waals surface area contributed by atoms with Gasteiger partial charge in [0.15, 0.2) is 0 Å². The molecule has 1 aliphatic rings. The number of nitro benzene ring substituents is 1. The van der Waals surface area contributed by atoms with Gasteiger partial charge in [0, 0.05) is 31.5 Å². The molecule has 1 saturated heterocycles. The molecule has 0 aliphatic carbocycles. The average molecular weight is 332 g/mol. The number of aliphatic hydroxyl groups excluding tert-OH is 1. The number of ether oxygens (including phenoxy) is 1. The molecule has 0 saturated carbocycles. The van der Waals surface area contributed by atoms with E-state index in [1.165, 1.54) is 12.1 Å². The summed E-state index contributed by atoms with van der Waals surface area (Å²) in [6.45, 7) is 2.16. The molecule has 0 spiro atoms. The molecule has 1 unspecified atom stereocenters. The van der Waals surface area contributed by atoms with Crippen molar-refractivity contribution in [2.45, 2.75) is 25.5 Å². The van der Waals surface area contributed by atoms with Crippen LogP contribution in [0.2, 0.25) is 0 Å². The van der Waals surface area contributed by atoms with Gasteiger partial charge in [0.05, 0.1) is 23.2 Å². The summed E-state index contributed by atoms with van der Waals surface area (Å²) >= 11 is 0. The molecule has 0 bridgehead atoms. The Morgan fingerprint density at radius 3 is 2.83 bits per heavy atom. The molecule has 1 aromatic carbocycles. The molecule has 1 atom stereocenters. The number of benzene rings is 1. The Kier molecular flexibility index (Phi) is 4.95. The number of aliphatic hydroxyl groups is 1. The minimum atomic E-state index is -0.754. The summed E-state index contributed by atoms with van der Waals surface area (Å²) < 4.78 is 7.33. The van der Waals surface area contributed by atoms with Gasteiger partial charge in [0.1, 0.15) is 18.5 Å². The minimum Gasteiger partial charge on any atom is -0.488 e. The second kappa shape index (κ2) is 7.31. The lowest BCUT2D eigenvalue weighted by Gasteiger charge is -2.22. The van der Waals surface area contributed by atoms with Crippen molar-refractivity contribution in [3.8, 4) is 5.75 Å². The first-order valence-corrected chi connectivity index (χ1v) is 7.95. The number of non-ortho nitro benzene ring substituents is 1. The fourth-order valence-corrected chi connectivity index (χ4v) is 2.81. The number of aromatic nitrogens is 2. The molecule has 1 fully saturated rings. The predicted molar refractivity (Wildman–Crippen MR) is 88.3 cm³/mol. The smallest absolute Gasteiger partial charge is 0.273 e. The lowest BCUT2D eigenvalue weighted by Crippen LogP contribution is -2.25. The first kappa shape index (κ1) is 16.3. The van der Waals surface area contributed by atoms with E-state index in [-0.39, 0.29) is 12.3 Å². The van der Waals surface area contributed by atoms with Crippen LogP contribution in [0.1, 0.15) is 12.8 Å². The number of anilines is 1. The van der Waals surface area contributed by atoms with Gasteiger partial charge in [0.2, 0.25) is 0 Å². The van der Waals surface area contributed by atoms with Crippen molar-refractivity contribution >= 4 is 11.4 Å². The van der Waals surface area contributed by atoms with Crippen LogP contribution >= 0.6 is 0 Å². The van der Waals surface area contributed by atoms with Crippen LogP contribution in [0, 0.1) is 10.1 Å². The molecule has 8 nitrogen and oxygen atoms in total. The fraction of sp³-hybridized carbons (Fsp3) is 0.438. The Labute approximate surface area is 139 Å². The van der Waals surface area contributed by atoms with Crippen molar-refractivity contribution in [3.63, 3.8) is 0 Å². The zero-order valence-corrected chi connectivity index (χ0v) is 13.2. The van der Waals surface area contributed by atoms with E-state index in [1.807, 2.05) is 0 Å². The summed E-state index contributed by atoms with van der Waals surface area (Å²) in [6.07, 6.45) is 4.83. The van der Waals surface area contributed by atoms with E-state index in [9.17, 15) is 15.2 Å². The van der Waals surface area contributed by atoms with Crippen molar-refractivity contribution in [2.24, 2.45) is 0 Å². The number of hydrogen-bond acceptors (Lipinski definition) is 6. The van der Waals surface area contributed by atoms with Crippen LogP contribution in [0.15, 0.2) is 36.7 Å². The molecule has 2 aromatic rings. The molecule has 128 valence electrons. The van der Waals surface area contributed by atoms with Gasteiger partial charge in [-0.05, 0) is 25.0 Å². The van der Waals surface area contributed by atoms with Crippen LogP contribution in [0.5, 0.6) is 5.75 Å². The van der Waals surface area contributed by atoms with Crippen molar-refractivity contribution in [1.82, 2.24) is 9.78 Å². The first-order chi connectivity index (χ1) is 11.6. The van der Waals surface area contributed by atoms with E-state index in [0.717, 1.165) is 31.6 Å². The van der Waals surface area contributed by atoms with E-state index >= 15 is 0 Å². The topological polar surface area (TPSA) is 93.7 Å². The van der Waals surface area contributed by atoms with Crippen LogP contribution < -0.4 is 9.64 Å². The summed E-state index contributed by atoms with van der Waals surface area (Å²) in [4.78, 5) is 12.7. The maximum Gasteiger partial charge on any atom is 0.273 e. The third-order valence-electron chi connectivity index (χ3n) is 3.99. The highest BCUT2D eigenvalue weighted by molar-refractivity contribution is 5.62. The highest BCUT2D eigenvalue weighted by Crippen LogP contribution is 2.34. The van der Waals surface area contributed by atoms with Crippen molar-refractivity contribution < 1.29 is 14.8 Å². The van der Waals surface area contributed by atoms with Crippen molar-refractivity contribution in [3.05, 3.63) is 46.8 Å². The molecule has 0 radical (unpaired) electrons. The number of nitrogens with zero attached hydrogens (tertiary/aromatic N) is 4. The second-order valence-corrected chi connectivity index (χ2v) is 5.80. The van der Waals surface area contributed by atoms with Crippen LogP contribution in [-0.2, 0) is 6.54 Å². The summed E-state index contributed by atoms with van der Waals surface area (Å²) in [5.74, 6) is 0.436. The monoisotopic (exact) mass is 332 g/mol. The van der Waals surface area contributed by atoms with Crippen LogP contribution in [-0.4, -0.2) is 45.6 Å². The normalized spacial score (nSPS) is 15.5. The largest absolute Gasteiger partial charge is 0.488 e. The Bertz CT molecular complexity index is 683. The number of hydrogen-bond donors (Lipinski definition) is 1. The van der Waals surface area contributed by atoms with Gasteiger partial charge in [-0.3, -0.25) is 14.8 Å². The van der Waals surface area contributed by atoms with Crippen molar-refractivity contribution in [1.29, 1.82) is 0 Å². The Morgan fingerprint density at radius 1 is 1.38 bits per heavy atom. The maximum absolute atomic E-state index is 11.0. The third-order valence-corrected chi connectivity index (χ3v) is 3.99. The van der Waals surface area contributed by atoms with Crippen LogP contribution in [0.25, 0.3) is 0 Å². The third kappa shape index (κ3) is 3.83.